The fourth-order valence-electron chi connectivity index (χ4n) is 1.64. The summed E-state index contributed by atoms with van der Waals surface area (Å²) in [6, 6.07) is 4.02. The molecule has 20 heavy (non-hydrogen) atoms. The highest BCUT2D eigenvalue weighted by molar-refractivity contribution is 8.00. The lowest BCUT2D eigenvalue weighted by Crippen LogP contribution is -2.09. The van der Waals surface area contributed by atoms with Crippen LogP contribution in [0.3, 0.4) is 0 Å². The van der Waals surface area contributed by atoms with Crippen LogP contribution in [0, 0.1) is 0 Å². The molecular weight excluding hydrogens is 313 g/mol. The lowest BCUT2D eigenvalue weighted by Gasteiger charge is -2.11. The maximum absolute atomic E-state index is 12.4. The minimum absolute atomic E-state index is 0.0510. The summed E-state index contributed by atoms with van der Waals surface area (Å²) < 4.78 is 42.0. The van der Waals surface area contributed by atoms with Gasteiger partial charge in [0.1, 0.15) is 0 Å². The molecule has 2 nitrogen and oxygen atoms in total. The average molecular weight is 327 g/mol. The Morgan fingerprint density at radius 3 is 2.65 bits per heavy atom. The first-order chi connectivity index (χ1) is 9.37. The summed E-state index contributed by atoms with van der Waals surface area (Å²) in [5.41, 5.74) is -3.53. The van der Waals surface area contributed by atoms with Gasteiger partial charge in [-0.2, -0.15) is 13.2 Å². The topological polar surface area (TPSA) is 26.3 Å². The summed E-state index contributed by atoms with van der Waals surface area (Å²) >= 11 is 5.39. The van der Waals surface area contributed by atoms with Crippen molar-refractivity contribution in [1.29, 1.82) is 0 Å². The number of carbonyl (C=O) groups is 1. The van der Waals surface area contributed by atoms with E-state index in [2.05, 4.69) is 0 Å². The molecule has 112 valence electrons. The highest BCUT2D eigenvalue weighted by atomic mass is 35.5. The second kappa shape index (κ2) is 7.78. The molecule has 0 aromatic heterocycles. The molecule has 0 aliphatic heterocycles. The van der Waals surface area contributed by atoms with Crippen LogP contribution in [0.5, 0.6) is 0 Å². The van der Waals surface area contributed by atoms with Crippen molar-refractivity contribution in [2.24, 2.45) is 0 Å². The smallest absolute Gasteiger partial charge is 0.446 e. The third-order valence-electron chi connectivity index (χ3n) is 2.39. The minimum atomic E-state index is -4.35. The molecule has 0 heterocycles. The van der Waals surface area contributed by atoms with Crippen molar-refractivity contribution in [3.63, 3.8) is 0 Å². The lowest BCUT2D eigenvalue weighted by atomic mass is 10.0. The summed E-state index contributed by atoms with van der Waals surface area (Å²) in [4.78, 5) is 11.8. The zero-order chi connectivity index (χ0) is 15.2. The van der Waals surface area contributed by atoms with E-state index < -0.39 is 11.5 Å². The van der Waals surface area contributed by atoms with Crippen molar-refractivity contribution in [2.45, 2.75) is 30.2 Å². The molecule has 0 spiro atoms. The molecule has 0 bridgehead atoms. The Hall–Kier alpha value is -0.880. The second-order valence-electron chi connectivity index (χ2n) is 3.88. The monoisotopic (exact) mass is 326 g/mol. The first-order valence-corrected chi connectivity index (χ1v) is 7.34. The zero-order valence-electron chi connectivity index (χ0n) is 10.8. The molecule has 0 unspecified atom stereocenters. The molecule has 1 aromatic carbocycles. The van der Waals surface area contributed by atoms with Crippen molar-refractivity contribution in [1.82, 2.24) is 0 Å². The number of esters is 1. The number of carbonyl (C=O) groups excluding carboxylic acids is 1. The minimum Gasteiger partial charge on any atom is -0.462 e. The van der Waals surface area contributed by atoms with Crippen LogP contribution in [0.15, 0.2) is 23.1 Å². The molecule has 0 radical (unpaired) electrons. The normalized spacial score (nSPS) is 11.4. The summed E-state index contributed by atoms with van der Waals surface area (Å²) in [6.45, 7) is 1.89. The number of hydrogen-bond acceptors (Lipinski definition) is 3. The molecule has 0 aliphatic carbocycles. The van der Waals surface area contributed by atoms with E-state index in [1.165, 1.54) is 18.2 Å². The number of halogens is 4. The molecule has 0 fully saturated rings. The second-order valence-corrected chi connectivity index (χ2v) is 5.40. The SMILES string of the molecule is CCOC(=O)c1ccc(SC(F)(F)F)cc1CCCCl. The fourth-order valence-corrected chi connectivity index (χ4v) is 2.38. The van der Waals surface area contributed by atoms with Gasteiger partial charge in [-0.05, 0) is 55.3 Å². The largest absolute Gasteiger partial charge is 0.462 e. The Balaban J connectivity index is 3.02. The van der Waals surface area contributed by atoms with Gasteiger partial charge in [0.05, 0.1) is 12.2 Å². The Labute approximate surface area is 124 Å². The van der Waals surface area contributed by atoms with Crippen LogP contribution in [0.1, 0.15) is 29.3 Å². The van der Waals surface area contributed by atoms with Gasteiger partial charge in [0.15, 0.2) is 0 Å². The van der Waals surface area contributed by atoms with Gasteiger partial charge in [-0.15, -0.1) is 11.6 Å². The lowest BCUT2D eigenvalue weighted by molar-refractivity contribution is -0.0328. The van der Waals surface area contributed by atoms with Crippen molar-refractivity contribution in [3.8, 4) is 0 Å². The fraction of sp³-hybridized carbons (Fsp3) is 0.462. The first kappa shape index (κ1) is 17.2. The van der Waals surface area contributed by atoms with Crippen molar-refractivity contribution in [2.75, 3.05) is 12.5 Å². The van der Waals surface area contributed by atoms with E-state index in [1.54, 1.807) is 6.92 Å². The third-order valence-corrected chi connectivity index (χ3v) is 3.37. The quantitative estimate of drug-likeness (QED) is 0.432. The van der Waals surface area contributed by atoms with Crippen molar-refractivity contribution < 1.29 is 22.7 Å². The Morgan fingerprint density at radius 1 is 1.40 bits per heavy atom. The number of alkyl halides is 4. The van der Waals surface area contributed by atoms with Gasteiger partial charge in [0, 0.05) is 10.8 Å². The number of thioether (sulfide) groups is 1. The number of rotatable bonds is 6. The van der Waals surface area contributed by atoms with Crippen LogP contribution >= 0.6 is 23.4 Å². The molecule has 0 aliphatic rings. The van der Waals surface area contributed by atoms with E-state index in [1.807, 2.05) is 0 Å². The third kappa shape index (κ3) is 5.63. The molecule has 0 atom stereocenters. The van der Waals surface area contributed by atoms with Gasteiger partial charge < -0.3 is 4.74 Å². The number of ether oxygens (including phenoxy) is 1. The van der Waals surface area contributed by atoms with E-state index in [9.17, 15) is 18.0 Å². The Kier molecular flexibility index (Phi) is 6.68. The predicted octanol–water partition coefficient (Wildman–Crippen LogP) is 4.65. The molecule has 0 saturated heterocycles. The summed E-state index contributed by atoms with van der Waals surface area (Å²) in [6.07, 6.45) is 1.01. The van der Waals surface area contributed by atoms with Gasteiger partial charge >= 0.3 is 11.5 Å². The summed E-state index contributed by atoms with van der Waals surface area (Å²) in [7, 11) is 0. The highest BCUT2D eigenvalue weighted by Gasteiger charge is 2.29. The molecule has 0 saturated carbocycles. The van der Waals surface area contributed by atoms with Gasteiger partial charge in [0.25, 0.3) is 0 Å². The molecular formula is C13H14ClF3O2S. The van der Waals surface area contributed by atoms with Crippen LogP contribution < -0.4 is 0 Å². The van der Waals surface area contributed by atoms with Gasteiger partial charge in [-0.1, -0.05) is 0 Å². The van der Waals surface area contributed by atoms with Crippen molar-refractivity contribution in [3.05, 3.63) is 29.3 Å². The standard InChI is InChI=1S/C13H14ClF3O2S/c1-2-19-12(18)11-6-5-10(20-13(15,16)17)8-9(11)4-3-7-14/h5-6,8H,2-4,7H2,1H3. The van der Waals surface area contributed by atoms with Crippen LogP contribution in [0.4, 0.5) is 13.2 Å². The van der Waals surface area contributed by atoms with E-state index in [-0.39, 0.29) is 23.3 Å². The average Bonchev–Trinajstić information content (AvgIpc) is 2.34. The van der Waals surface area contributed by atoms with Gasteiger partial charge in [-0.25, -0.2) is 4.79 Å². The Morgan fingerprint density at radius 2 is 2.10 bits per heavy atom. The molecule has 0 amide bonds. The van der Waals surface area contributed by atoms with Crippen molar-refractivity contribution >= 4 is 29.3 Å². The molecule has 1 aromatic rings. The van der Waals surface area contributed by atoms with E-state index in [0.29, 0.717) is 29.8 Å². The van der Waals surface area contributed by atoms with E-state index >= 15 is 0 Å². The summed E-state index contributed by atoms with van der Waals surface area (Å²) in [5, 5.41) is 0. The molecule has 0 N–H and O–H groups in total. The van der Waals surface area contributed by atoms with Gasteiger partial charge in [-0.3, -0.25) is 0 Å². The molecule has 1 rings (SSSR count). The number of aryl methyl sites for hydroxylation is 1. The highest BCUT2D eigenvalue weighted by Crippen LogP contribution is 2.37. The van der Waals surface area contributed by atoms with E-state index in [4.69, 9.17) is 16.3 Å². The predicted molar refractivity (Wildman–Crippen MR) is 73.4 cm³/mol. The maximum atomic E-state index is 12.4. The number of benzene rings is 1. The first-order valence-electron chi connectivity index (χ1n) is 5.99. The van der Waals surface area contributed by atoms with Crippen LogP contribution in [0.25, 0.3) is 0 Å². The molecule has 7 heteroatoms. The van der Waals surface area contributed by atoms with Crippen LogP contribution in [-0.4, -0.2) is 24.0 Å². The Bertz CT molecular complexity index is 463. The van der Waals surface area contributed by atoms with Crippen LogP contribution in [-0.2, 0) is 11.2 Å². The zero-order valence-corrected chi connectivity index (χ0v) is 12.4. The summed E-state index contributed by atoms with van der Waals surface area (Å²) in [5.74, 6) is -0.153. The number of hydrogen-bond donors (Lipinski definition) is 0. The maximum Gasteiger partial charge on any atom is 0.446 e. The van der Waals surface area contributed by atoms with Crippen LogP contribution in [0.2, 0.25) is 0 Å². The van der Waals surface area contributed by atoms with Gasteiger partial charge in [0.2, 0.25) is 0 Å². The van der Waals surface area contributed by atoms with E-state index in [0.717, 1.165) is 0 Å².